The molecule has 0 aromatic heterocycles. The molecule has 5 heteroatoms. The first kappa shape index (κ1) is 38.8. The Morgan fingerprint density at radius 3 is 1.23 bits per heavy atom. The molecule has 0 spiro atoms. The van der Waals surface area contributed by atoms with Gasteiger partial charge in [0.25, 0.3) is 0 Å². The van der Waals surface area contributed by atoms with Gasteiger partial charge in [-0.3, -0.25) is 0 Å². The van der Waals surface area contributed by atoms with Gasteiger partial charge in [-0.15, -0.1) is 0 Å². The van der Waals surface area contributed by atoms with Crippen molar-refractivity contribution in [1.82, 2.24) is 0 Å². The summed E-state index contributed by atoms with van der Waals surface area (Å²) in [7, 11) is 0. The van der Waals surface area contributed by atoms with Crippen molar-refractivity contribution in [1.29, 1.82) is 0 Å². The Bertz CT molecular complexity index is 446. The molecule has 0 aliphatic carbocycles. The molecule has 39 heavy (non-hydrogen) atoms. The van der Waals surface area contributed by atoms with Gasteiger partial charge in [-0.25, -0.2) is 0 Å². The molecule has 236 valence electrons. The zero-order valence-electron chi connectivity index (χ0n) is 27.1. The molecule has 0 aromatic carbocycles. The smallest absolute Gasteiger partial charge is 0.160 e. The second-order valence-electron chi connectivity index (χ2n) is 12.2. The molecule has 0 bridgehead atoms. The van der Waals surface area contributed by atoms with Gasteiger partial charge in [-0.2, -0.15) is 0 Å². The Morgan fingerprint density at radius 1 is 0.462 bits per heavy atom. The molecule has 0 saturated carbocycles. The summed E-state index contributed by atoms with van der Waals surface area (Å²) in [4.78, 5) is 0. The Kier molecular flexibility index (Phi) is 27.8. The maximum Gasteiger partial charge on any atom is 0.160 e. The van der Waals surface area contributed by atoms with Crippen molar-refractivity contribution in [2.24, 2.45) is 11.8 Å². The van der Waals surface area contributed by atoms with Gasteiger partial charge in [-0.1, -0.05) is 106 Å². The molecule has 0 rings (SSSR count). The predicted molar refractivity (Wildman–Crippen MR) is 166 cm³/mol. The van der Waals surface area contributed by atoms with Crippen molar-refractivity contribution in [2.75, 3.05) is 13.2 Å². The topological polar surface area (TPSA) is 68.2 Å². The summed E-state index contributed by atoms with van der Waals surface area (Å²) in [6.45, 7) is 14.7. The van der Waals surface area contributed by atoms with Gasteiger partial charge in [0, 0.05) is 13.2 Å². The van der Waals surface area contributed by atoms with Crippen LogP contribution >= 0.6 is 0 Å². The van der Waals surface area contributed by atoms with Crippen LogP contribution in [0.15, 0.2) is 0 Å². The number of ether oxygens (including phenoxy) is 3. The third-order valence-corrected chi connectivity index (χ3v) is 8.05. The van der Waals surface area contributed by atoms with Crippen LogP contribution in [0.4, 0.5) is 0 Å². The zero-order valence-corrected chi connectivity index (χ0v) is 27.1. The lowest BCUT2D eigenvalue weighted by molar-refractivity contribution is -0.250. The highest BCUT2D eigenvalue weighted by Gasteiger charge is 2.19. The van der Waals surface area contributed by atoms with E-state index in [-0.39, 0.29) is 24.8 Å². The third-order valence-electron chi connectivity index (χ3n) is 8.05. The summed E-state index contributed by atoms with van der Waals surface area (Å²) in [6.07, 6.45) is 20.5. The number of hydrogen-bond acceptors (Lipinski definition) is 5. The summed E-state index contributed by atoms with van der Waals surface area (Å²) in [5.74, 6) is 1.50. The molecule has 0 aliphatic heterocycles. The summed E-state index contributed by atoms with van der Waals surface area (Å²) in [6, 6.07) is 0. The van der Waals surface area contributed by atoms with Crippen LogP contribution < -0.4 is 0 Å². The Hall–Kier alpha value is -0.200. The van der Waals surface area contributed by atoms with Crippen molar-refractivity contribution in [3.8, 4) is 0 Å². The lowest BCUT2D eigenvalue weighted by atomic mass is 9.99. The number of unbranched alkanes of at least 4 members (excludes halogenated alkanes) is 4. The van der Waals surface area contributed by atoms with E-state index in [0.717, 1.165) is 102 Å². The molecule has 6 unspecified atom stereocenters. The van der Waals surface area contributed by atoms with Crippen LogP contribution in [0.3, 0.4) is 0 Å². The average Bonchev–Trinajstić information content (AvgIpc) is 2.91. The first-order valence-electron chi connectivity index (χ1n) is 17.1. The fourth-order valence-corrected chi connectivity index (χ4v) is 5.25. The van der Waals surface area contributed by atoms with Gasteiger partial charge in [0.05, 0.1) is 12.2 Å². The monoisotopic (exact) mass is 559 g/mol. The van der Waals surface area contributed by atoms with E-state index in [2.05, 4.69) is 27.7 Å². The maximum atomic E-state index is 9.79. The molecule has 2 N–H and O–H groups in total. The largest absolute Gasteiger partial charge is 0.393 e. The van der Waals surface area contributed by atoms with Gasteiger partial charge in [0.1, 0.15) is 0 Å². The van der Waals surface area contributed by atoms with E-state index in [9.17, 15) is 10.2 Å². The van der Waals surface area contributed by atoms with Gasteiger partial charge in [0.15, 0.2) is 12.6 Å². The summed E-state index contributed by atoms with van der Waals surface area (Å²) in [5, 5.41) is 19.6. The van der Waals surface area contributed by atoms with E-state index >= 15 is 0 Å². The van der Waals surface area contributed by atoms with Crippen molar-refractivity contribution in [3.63, 3.8) is 0 Å². The van der Waals surface area contributed by atoms with Crippen molar-refractivity contribution in [3.05, 3.63) is 0 Å². The molecule has 5 nitrogen and oxygen atoms in total. The van der Waals surface area contributed by atoms with Crippen molar-refractivity contribution >= 4 is 0 Å². The van der Waals surface area contributed by atoms with E-state index in [0.29, 0.717) is 13.2 Å². The van der Waals surface area contributed by atoms with Crippen molar-refractivity contribution in [2.45, 2.75) is 195 Å². The normalized spacial score (nSPS) is 16.6. The van der Waals surface area contributed by atoms with Crippen LogP contribution in [0.25, 0.3) is 0 Å². The Labute approximate surface area is 244 Å². The van der Waals surface area contributed by atoms with Crippen LogP contribution in [-0.2, 0) is 14.2 Å². The Morgan fingerprint density at radius 2 is 0.872 bits per heavy atom. The maximum absolute atomic E-state index is 9.79. The van der Waals surface area contributed by atoms with Crippen molar-refractivity contribution < 1.29 is 24.4 Å². The van der Waals surface area contributed by atoms with E-state index in [4.69, 9.17) is 14.2 Å². The molecule has 0 aromatic rings. The number of rotatable bonds is 30. The lowest BCUT2D eigenvalue weighted by Crippen LogP contribution is -2.28. The Balaban J connectivity index is 4.84. The van der Waals surface area contributed by atoms with Gasteiger partial charge in [-0.05, 0) is 76.0 Å². The van der Waals surface area contributed by atoms with Crippen LogP contribution in [0.5, 0.6) is 0 Å². The van der Waals surface area contributed by atoms with Crippen LogP contribution in [-0.4, -0.2) is 48.2 Å². The van der Waals surface area contributed by atoms with Gasteiger partial charge in [0.2, 0.25) is 0 Å². The molecule has 0 fully saturated rings. The highest BCUT2D eigenvalue weighted by atomic mass is 16.8. The lowest BCUT2D eigenvalue weighted by Gasteiger charge is -2.26. The minimum atomic E-state index is -0.210. The van der Waals surface area contributed by atoms with E-state index in [1.807, 2.05) is 13.8 Å². The molecule has 0 amide bonds. The standard InChI is InChI=1S/C34H70O5/c1-7-19-29(5)21-17-25-33(37-27-15-11-13-23-31(35)9-3)39-34(26-18-22-30(6)20-8-2)38-28-16-12-14-24-32(36)10-4/h29-36H,7-28H2,1-6H3. The SMILES string of the molecule is CCCC(C)CCCC(OCCCCCC(O)CC)OC(CCCC(C)CCC)OCCCCCC(O)CC. The van der Waals surface area contributed by atoms with E-state index in [1.165, 1.54) is 38.5 Å². The predicted octanol–water partition coefficient (Wildman–Crippen LogP) is 9.56. The minimum absolute atomic E-state index is 0.165. The zero-order chi connectivity index (χ0) is 29.1. The molecule has 6 atom stereocenters. The average molecular weight is 559 g/mol. The fourth-order valence-electron chi connectivity index (χ4n) is 5.25. The second-order valence-corrected chi connectivity index (χ2v) is 12.2. The number of hydrogen-bond donors (Lipinski definition) is 2. The summed E-state index contributed by atoms with van der Waals surface area (Å²) < 4.78 is 19.1. The quantitative estimate of drug-likeness (QED) is 0.0678. The first-order chi connectivity index (χ1) is 18.9. The minimum Gasteiger partial charge on any atom is -0.393 e. The van der Waals surface area contributed by atoms with Crippen LogP contribution in [0.2, 0.25) is 0 Å². The highest BCUT2D eigenvalue weighted by molar-refractivity contribution is 4.60. The van der Waals surface area contributed by atoms with Gasteiger partial charge >= 0.3 is 0 Å². The molecule has 0 radical (unpaired) electrons. The fraction of sp³-hybridized carbons (Fsp3) is 1.00. The van der Waals surface area contributed by atoms with Gasteiger partial charge < -0.3 is 24.4 Å². The molecular weight excluding hydrogens is 488 g/mol. The third kappa shape index (κ3) is 25.3. The number of aliphatic hydroxyl groups is 2. The van der Waals surface area contributed by atoms with Crippen LogP contribution in [0, 0.1) is 11.8 Å². The highest BCUT2D eigenvalue weighted by Crippen LogP contribution is 2.21. The summed E-state index contributed by atoms with van der Waals surface area (Å²) in [5.41, 5.74) is 0. The molecule has 0 aliphatic rings. The second kappa shape index (κ2) is 27.9. The molecular formula is C34H70O5. The first-order valence-corrected chi connectivity index (χ1v) is 17.1. The van der Waals surface area contributed by atoms with E-state index < -0.39 is 0 Å². The van der Waals surface area contributed by atoms with E-state index in [1.54, 1.807) is 0 Å². The summed E-state index contributed by atoms with van der Waals surface area (Å²) >= 11 is 0. The molecule has 0 heterocycles. The van der Waals surface area contributed by atoms with Crippen LogP contribution in [0.1, 0.15) is 170 Å². The molecule has 0 saturated heterocycles. The number of aliphatic hydroxyl groups excluding tert-OH is 2.